The van der Waals surface area contributed by atoms with Gasteiger partial charge in [0.15, 0.2) is 0 Å². The quantitative estimate of drug-likeness (QED) is 0.267. The Labute approximate surface area is 220 Å². The molecular formula is C30H26N2O2S2. The van der Waals surface area contributed by atoms with Gasteiger partial charge in [-0.25, -0.2) is 0 Å². The van der Waals surface area contributed by atoms with Gasteiger partial charge in [-0.1, -0.05) is 67.2 Å². The van der Waals surface area contributed by atoms with Crippen LogP contribution in [0.1, 0.15) is 29.3 Å². The molecule has 1 atom stereocenters. The minimum atomic E-state index is -0.281. The molecule has 0 saturated carbocycles. The summed E-state index contributed by atoms with van der Waals surface area (Å²) in [6, 6.07) is 31.3. The fraction of sp³-hybridized carbons (Fsp3) is 0.133. The lowest BCUT2D eigenvalue weighted by atomic mass is 10.1. The van der Waals surface area contributed by atoms with E-state index in [-0.39, 0.29) is 17.1 Å². The Morgan fingerprint density at radius 3 is 2.17 bits per heavy atom. The highest BCUT2D eigenvalue weighted by atomic mass is 32.2. The van der Waals surface area contributed by atoms with Crippen LogP contribution in [-0.4, -0.2) is 17.1 Å². The van der Waals surface area contributed by atoms with Crippen LogP contribution in [0.4, 0.5) is 17.1 Å². The molecule has 1 N–H and O–H groups in total. The van der Waals surface area contributed by atoms with E-state index in [4.69, 9.17) is 0 Å². The first kappa shape index (κ1) is 24.2. The van der Waals surface area contributed by atoms with Gasteiger partial charge in [-0.2, -0.15) is 0 Å². The number of para-hydroxylation sites is 2. The molecule has 0 bridgehead atoms. The maximum Gasteiger partial charge on any atom is 0.255 e. The first-order valence-corrected chi connectivity index (χ1v) is 13.6. The normalized spacial score (nSPS) is 12.9. The van der Waals surface area contributed by atoms with Crippen molar-refractivity contribution in [1.29, 1.82) is 0 Å². The SMILES string of the molecule is CCC(Sc1cccc(NC(=O)c2ccccc2C)c1)C(=O)N1c2ccccc2Sc2ccccc21. The second kappa shape index (κ2) is 10.6. The average Bonchev–Trinajstić information content (AvgIpc) is 2.90. The number of rotatable bonds is 6. The molecule has 0 spiro atoms. The van der Waals surface area contributed by atoms with Crippen LogP contribution in [0.15, 0.2) is 112 Å². The lowest BCUT2D eigenvalue weighted by molar-refractivity contribution is -0.117. The third-order valence-electron chi connectivity index (χ3n) is 6.06. The van der Waals surface area contributed by atoms with Crippen LogP contribution in [0, 0.1) is 6.92 Å². The Kier molecular flexibility index (Phi) is 7.16. The van der Waals surface area contributed by atoms with Gasteiger partial charge in [0.2, 0.25) is 5.91 Å². The Bertz CT molecular complexity index is 1390. The summed E-state index contributed by atoms with van der Waals surface area (Å²) in [7, 11) is 0. The largest absolute Gasteiger partial charge is 0.322 e. The second-order valence-electron chi connectivity index (χ2n) is 8.52. The minimum Gasteiger partial charge on any atom is -0.322 e. The van der Waals surface area contributed by atoms with E-state index in [1.165, 1.54) is 11.8 Å². The first-order chi connectivity index (χ1) is 17.5. The zero-order chi connectivity index (χ0) is 25.1. The summed E-state index contributed by atoms with van der Waals surface area (Å²) in [4.78, 5) is 31.7. The molecule has 4 nitrogen and oxygen atoms in total. The number of hydrogen-bond acceptors (Lipinski definition) is 4. The number of hydrogen-bond donors (Lipinski definition) is 1. The van der Waals surface area contributed by atoms with Crippen molar-refractivity contribution in [3.63, 3.8) is 0 Å². The summed E-state index contributed by atoms with van der Waals surface area (Å²) in [5.41, 5.74) is 4.13. The Morgan fingerprint density at radius 1 is 0.861 bits per heavy atom. The average molecular weight is 511 g/mol. The molecule has 5 rings (SSSR count). The summed E-state index contributed by atoms with van der Waals surface area (Å²) in [6.45, 7) is 3.96. The van der Waals surface area contributed by atoms with Crippen LogP contribution in [0.5, 0.6) is 0 Å². The van der Waals surface area contributed by atoms with Crippen LogP contribution in [-0.2, 0) is 4.79 Å². The third-order valence-corrected chi connectivity index (χ3v) is 8.53. The highest BCUT2D eigenvalue weighted by Crippen LogP contribution is 2.48. The molecule has 1 aliphatic heterocycles. The molecule has 180 valence electrons. The number of benzene rings is 4. The van der Waals surface area contributed by atoms with E-state index in [0.717, 1.165) is 31.6 Å². The number of nitrogens with one attached hydrogen (secondary N) is 1. The molecule has 0 radical (unpaired) electrons. The smallest absolute Gasteiger partial charge is 0.255 e. The van der Waals surface area contributed by atoms with E-state index >= 15 is 0 Å². The number of anilines is 3. The van der Waals surface area contributed by atoms with Gasteiger partial charge in [0.05, 0.1) is 16.6 Å². The number of carbonyl (C=O) groups excluding carboxylic acids is 2. The number of amides is 2. The molecule has 1 heterocycles. The summed E-state index contributed by atoms with van der Waals surface area (Å²) in [5, 5.41) is 2.72. The molecule has 4 aromatic carbocycles. The van der Waals surface area contributed by atoms with Crippen molar-refractivity contribution in [3.8, 4) is 0 Å². The minimum absolute atomic E-state index is 0.0528. The zero-order valence-corrected chi connectivity index (χ0v) is 21.7. The monoisotopic (exact) mass is 510 g/mol. The fourth-order valence-corrected chi connectivity index (χ4v) is 6.34. The van der Waals surface area contributed by atoms with E-state index < -0.39 is 0 Å². The van der Waals surface area contributed by atoms with Gasteiger partial charge in [0.25, 0.3) is 5.91 Å². The van der Waals surface area contributed by atoms with Crippen molar-refractivity contribution >= 4 is 52.4 Å². The lowest BCUT2D eigenvalue weighted by Gasteiger charge is -2.33. The molecule has 36 heavy (non-hydrogen) atoms. The molecule has 1 unspecified atom stereocenters. The standard InChI is InChI=1S/C30H26N2O2S2/c1-3-26(30(34)32-24-15-6-8-17-27(24)36-28-18-9-7-16-25(28)32)35-22-13-10-12-21(19-22)31-29(33)23-14-5-4-11-20(23)2/h4-19,26H,3H2,1-2H3,(H,31,33). The topological polar surface area (TPSA) is 49.4 Å². The number of nitrogens with zero attached hydrogens (tertiary/aromatic N) is 1. The third kappa shape index (κ3) is 4.92. The summed E-state index contributed by atoms with van der Waals surface area (Å²) >= 11 is 3.22. The highest BCUT2D eigenvalue weighted by Gasteiger charge is 2.32. The number of aryl methyl sites for hydroxylation is 1. The lowest BCUT2D eigenvalue weighted by Crippen LogP contribution is -2.35. The molecular weight excluding hydrogens is 484 g/mol. The van der Waals surface area contributed by atoms with Crippen LogP contribution >= 0.6 is 23.5 Å². The van der Waals surface area contributed by atoms with E-state index in [9.17, 15) is 9.59 Å². The van der Waals surface area contributed by atoms with Crippen LogP contribution in [0.2, 0.25) is 0 Å². The maximum absolute atomic E-state index is 14.0. The van der Waals surface area contributed by atoms with Gasteiger partial charge in [0, 0.05) is 25.9 Å². The van der Waals surface area contributed by atoms with Gasteiger partial charge >= 0.3 is 0 Å². The van der Waals surface area contributed by atoms with Gasteiger partial charge in [-0.05, 0) is 67.4 Å². The van der Waals surface area contributed by atoms with Gasteiger partial charge in [0.1, 0.15) is 0 Å². The van der Waals surface area contributed by atoms with Crippen molar-refractivity contribution in [2.24, 2.45) is 0 Å². The second-order valence-corrected chi connectivity index (χ2v) is 10.9. The Morgan fingerprint density at radius 2 is 1.50 bits per heavy atom. The molecule has 2 amide bonds. The van der Waals surface area contributed by atoms with Crippen molar-refractivity contribution in [2.75, 3.05) is 10.2 Å². The molecule has 4 aromatic rings. The van der Waals surface area contributed by atoms with Crippen LogP contribution in [0.3, 0.4) is 0 Å². The Hall–Kier alpha value is -3.48. The molecule has 0 aromatic heterocycles. The number of thioether (sulfide) groups is 1. The first-order valence-electron chi connectivity index (χ1n) is 11.9. The summed E-state index contributed by atoms with van der Waals surface area (Å²) in [6.07, 6.45) is 0.678. The summed E-state index contributed by atoms with van der Waals surface area (Å²) < 4.78 is 0. The fourth-order valence-electron chi connectivity index (χ4n) is 4.23. The van der Waals surface area contributed by atoms with Crippen LogP contribution < -0.4 is 10.2 Å². The van der Waals surface area contributed by atoms with Crippen molar-refractivity contribution in [3.05, 3.63) is 108 Å². The van der Waals surface area contributed by atoms with E-state index in [1.54, 1.807) is 11.8 Å². The van der Waals surface area contributed by atoms with E-state index in [2.05, 4.69) is 17.4 Å². The molecule has 0 fully saturated rings. The van der Waals surface area contributed by atoms with Gasteiger partial charge in [-0.15, -0.1) is 11.8 Å². The number of carbonyl (C=O) groups is 2. The predicted molar refractivity (Wildman–Crippen MR) is 150 cm³/mol. The Balaban J connectivity index is 1.39. The molecule has 6 heteroatoms. The molecule has 1 aliphatic rings. The molecule has 0 aliphatic carbocycles. The maximum atomic E-state index is 14.0. The van der Waals surface area contributed by atoms with Gasteiger partial charge < -0.3 is 5.32 Å². The van der Waals surface area contributed by atoms with Crippen molar-refractivity contribution < 1.29 is 9.59 Å². The zero-order valence-electron chi connectivity index (χ0n) is 20.1. The molecule has 0 saturated heterocycles. The summed E-state index contributed by atoms with van der Waals surface area (Å²) in [5.74, 6) is -0.0885. The highest BCUT2D eigenvalue weighted by molar-refractivity contribution is 8.00. The number of fused-ring (bicyclic) bond motifs is 2. The van der Waals surface area contributed by atoms with E-state index in [0.29, 0.717) is 17.7 Å². The van der Waals surface area contributed by atoms with Crippen LogP contribution in [0.25, 0.3) is 0 Å². The van der Waals surface area contributed by atoms with Crippen molar-refractivity contribution in [2.45, 2.75) is 40.2 Å². The van der Waals surface area contributed by atoms with Gasteiger partial charge in [-0.3, -0.25) is 14.5 Å². The van der Waals surface area contributed by atoms with E-state index in [1.807, 2.05) is 104 Å². The van der Waals surface area contributed by atoms with Crippen molar-refractivity contribution in [1.82, 2.24) is 0 Å². The predicted octanol–water partition coefficient (Wildman–Crippen LogP) is 7.95.